The number of fused-ring (bicyclic) bond motifs is 1. The van der Waals surface area contributed by atoms with Crippen LogP contribution in [0.1, 0.15) is 0 Å². The van der Waals surface area contributed by atoms with Crippen LogP contribution in [0.5, 0.6) is 0 Å². The SMILES string of the molecule is O=C(Nc1ccc(SC(F)(F)F)cc1)Nc1c[nH]c2ncc(Br)cc12. The van der Waals surface area contributed by atoms with E-state index in [-0.39, 0.29) is 16.7 Å². The van der Waals surface area contributed by atoms with E-state index in [0.29, 0.717) is 17.0 Å². The number of hydrogen-bond donors (Lipinski definition) is 3. The molecule has 3 rings (SSSR count). The van der Waals surface area contributed by atoms with Gasteiger partial charge in [-0.1, -0.05) is 0 Å². The molecule has 0 bridgehead atoms. The highest BCUT2D eigenvalue weighted by Gasteiger charge is 2.29. The van der Waals surface area contributed by atoms with Crippen molar-refractivity contribution in [3.63, 3.8) is 0 Å². The number of alkyl halides is 3. The molecule has 130 valence electrons. The fraction of sp³-hybridized carbons (Fsp3) is 0.0667. The van der Waals surface area contributed by atoms with Crippen molar-refractivity contribution < 1.29 is 18.0 Å². The molecule has 3 N–H and O–H groups in total. The third-order valence-corrected chi connectivity index (χ3v) is 4.26. The van der Waals surface area contributed by atoms with Gasteiger partial charge in [0, 0.05) is 32.8 Å². The molecule has 2 amide bonds. The molecule has 1 aromatic carbocycles. The summed E-state index contributed by atoms with van der Waals surface area (Å²) in [4.78, 5) is 19.2. The van der Waals surface area contributed by atoms with Crippen molar-refractivity contribution in [1.82, 2.24) is 9.97 Å². The van der Waals surface area contributed by atoms with Crippen LogP contribution in [0.4, 0.5) is 29.3 Å². The molecule has 25 heavy (non-hydrogen) atoms. The van der Waals surface area contributed by atoms with Gasteiger partial charge in [-0.05, 0) is 58.0 Å². The van der Waals surface area contributed by atoms with E-state index in [4.69, 9.17) is 0 Å². The standard InChI is InChI=1S/C15H10BrF3N4OS/c16-8-5-11-12(7-21-13(11)20-6-8)23-14(24)22-9-1-3-10(4-2-9)25-15(17,18)19/h1-7H,(H,20,21)(H2,22,23,24). The Bertz CT molecular complexity index is 911. The molecule has 0 aliphatic carbocycles. The molecule has 0 spiro atoms. The monoisotopic (exact) mass is 430 g/mol. The number of anilines is 2. The number of nitrogens with zero attached hydrogens (tertiary/aromatic N) is 1. The molecule has 2 aromatic heterocycles. The lowest BCUT2D eigenvalue weighted by molar-refractivity contribution is -0.0328. The number of thioether (sulfide) groups is 1. The van der Waals surface area contributed by atoms with Crippen LogP contribution in [0, 0.1) is 0 Å². The van der Waals surface area contributed by atoms with Crippen LogP contribution in [0.2, 0.25) is 0 Å². The summed E-state index contributed by atoms with van der Waals surface area (Å²) in [5, 5.41) is 5.95. The van der Waals surface area contributed by atoms with E-state index >= 15 is 0 Å². The lowest BCUT2D eigenvalue weighted by Crippen LogP contribution is -2.19. The van der Waals surface area contributed by atoms with Crippen LogP contribution in [0.3, 0.4) is 0 Å². The summed E-state index contributed by atoms with van der Waals surface area (Å²) in [5.74, 6) is 0. The van der Waals surface area contributed by atoms with E-state index in [1.807, 2.05) is 0 Å². The minimum Gasteiger partial charge on any atom is -0.344 e. The maximum Gasteiger partial charge on any atom is 0.446 e. The van der Waals surface area contributed by atoms with Gasteiger partial charge in [-0.3, -0.25) is 0 Å². The number of carbonyl (C=O) groups is 1. The molecule has 0 aliphatic rings. The Morgan fingerprint density at radius 1 is 1.20 bits per heavy atom. The number of carbonyl (C=O) groups excluding carboxylic acids is 1. The summed E-state index contributed by atoms with van der Waals surface area (Å²) in [6.45, 7) is 0. The number of hydrogen-bond acceptors (Lipinski definition) is 3. The van der Waals surface area contributed by atoms with Gasteiger partial charge in [-0.15, -0.1) is 0 Å². The molecule has 0 fully saturated rings. The van der Waals surface area contributed by atoms with Gasteiger partial charge in [0.15, 0.2) is 0 Å². The Hall–Kier alpha value is -2.20. The molecule has 10 heteroatoms. The fourth-order valence-electron chi connectivity index (χ4n) is 2.11. The smallest absolute Gasteiger partial charge is 0.344 e. The first-order valence-corrected chi connectivity index (χ1v) is 8.47. The van der Waals surface area contributed by atoms with Crippen molar-refractivity contribution in [2.45, 2.75) is 10.4 Å². The summed E-state index contributed by atoms with van der Waals surface area (Å²) in [7, 11) is 0. The van der Waals surface area contributed by atoms with E-state index in [1.54, 1.807) is 18.5 Å². The molecule has 0 saturated carbocycles. The molecule has 0 aliphatic heterocycles. The Balaban J connectivity index is 1.67. The maximum atomic E-state index is 12.3. The summed E-state index contributed by atoms with van der Waals surface area (Å²) < 4.78 is 37.6. The molecule has 0 unspecified atom stereocenters. The summed E-state index contributed by atoms with van der Waals surface area (Å²) in [6, 6.07) is 6.68. The largest absolute Gasteiger partial charge is 0.446 e. The zero-order chi connectivity index (χ0) is 18.0. The molecule has 2 heterocycles. The van der Waals surface area contributed by atoms with E-state index in [2.05, 4.69) is 36.5 Å². The Morgan fingerprint density at radius 2 is 1.92 bits per heavy atom. The zero-order valence-electron chi connectivity index (χ0n) is 12.3. The van der Waals surface area contributed by atoms with Gasteiger partial charge in [0.2, 0.25) is 0 Å². The Kier molecular flexibility index (Phi) is 4.91. The van der Waals surface area contributed by atoms with Gasteiger partial charge in [0.25, 0.3) is 0 Å². The minimum atomic E-state index is -4.34. The predicted molar refractivity (Wildman–Crippen MR) is 94.8 cm³/mol. The first-order valence-electron chi connectivity index (χ1n) is 6.86. The Morgan fingerprint density at radius 3 is 2.60 bits per heavy atom. The minimum absolute atomic E-state index is 0.0472. The average molecular weight is 431 g/mol. The molecular formula is C15H10BrF3N4OS. The van der Waals surface area contributed by atoms with Crippen molar-refractivity contribution in [3.8, 4) is 0 Å². The molecule has 0 radical (unpaired) electrons. The normalized spacial score (nSPS) is 11.5. The number of amides is 2. The number of pyridine rings is 1. The topological polar surface area (TPSA) is 69.8 Å². The van der Waals surface area contributed by atoms with Crippen LogP contribution in [-0.2, 0) is 0 Å². The van der Waals surface area contributed by atoms with Gasteiger partial charge in [0.05, 0.1) is 5.69 Å². The number of H-pyrrole nitrogens is 1. The number of benzene rings is 1. The molecular weight excluding hydrogens is 421 g/mol. The van der Waals surface area contributed by atoms with Crippen molar-refractivity contribution >= 4 is 56.1 Å². The highest BCUT2D eigenvalue weighted by atomic mass is 79.9. The second kappa shape index (κ2) is 6.96. The first kappa shape index (κ1) is 17.6. The summed E-state index contributed by atoms with van der Waals surface area (Å²) >= 11 is 3.10. The molecule has 0 saturated heterocycles. The number of urea groups is 1. The highest BCUT2D eigenvalue weighted by molar-refractivity contribution is 9.10. The van der Waals surface area contributed by atoms with Crippen molar-refractivity contribution in [2.24, 2.45) is 0 Å². The number of halogens is 4. The molecule has 5 nitrogen and oxygen atoms in total. The summed E-state index contributed by atoms with van der Waals surface area (Å²) in [6.07, 6.45) is 3.23. The van der Waals surface area contributed by atoms with Gasteiger partial charge in [-0.25, -0.2) is 9.78 Å². The van der Waals surface area contributed by atoms with E-state index in [1.165, 1.54) is 24.3 Å². The van der Waals surface area contributed by atoms with E-state index in [0.717, 1.165) is 9.86 Å². The number of aromatic nitrogens is 2. The second-order valence-electron chi connectivity index (χ2n) is 4.90. The molecule has 0 atom stereocenters. The Labute approximate surface area is 152 Å². The van der Waals surface area contributed by atoms with Crippen LogP contribution < -0.4 is 10.6 Å². The maximum absolute atomic E-state index is 12.3. The van der Waals surface area contributed by atoms with Crippen molar-refractivity contribution in [1.29, 1.82) is 0 Å². The zero-order valence-corrected chi connectivity index (χ0v) is 14.7. The van der Waals surface area contributed by atoms with Gasteiger partial charge in [0.1, 0.15) is 5.65 Å². The van der Waals surface area contributed by atoms with E-state index < -0.39 is 11.5 Å². The second-order valence-corrected chi connectivity index (χ2v) is 6.96. The van der Waals surface area contributed by atoms with Crippen molar-refractivity contribution in [2.75, 3.05) is 10.6 Å². The van der Waals surface area contributed by atoms with Gasteiger partial charge in [-0.2, -0.15) is 13.2 Å². The number of aromatic amines is 1. The molecule has 3 aromatic rings. The quantitative estimate of drug-likeness (QED) is 0.474. The predicted octanol–water partition coefficient (Wildman–Crippen LogP) is 5.58. The fourth-order valence-corrected chi connectivity index (χ4v) is 2.98. The van der Waals surface area contributed by atoms with Gasteiger partial charge >= 0.3 is 11.5 Å². The highest BCUT2D eigenvalue weighted by Crippen LogP contribution is 2.37. The summed E-state index contributed by atoms with van der Waals surface area (Å²) in [5.41, 5.74) is -2.81. The van der Waals surface area contributed by atoms with E-state index in [9.17, 15) is 18.0 Å². The van der Waals surface area contributed by atoms with Gasteiger partial charge < -0.3 is 15.6 Å². The van der Waals surface area contributed by atoms with Crippen LogP contribution in [0.15, 0.2) is 52.1 Å². The first-order chi connectivity index (χ1) is 11.8. The van der Waals surface area contributed by atoms with Crippen molar-refractivity contribution in [3.05, 3.63) is 47.2 Å². The van der Waals surface area contributed by atoms with Crippen LogP contribution in [-0.4, -0.2) is 21.5 Å². The third kappa shape index (κ3) is 4.67. The number of rotatable bonds is 3. The number of nitrogens with one attached hydrogen (secondary N) is 3. The van der Waals surface area contributed by atoms with Crippen LogP contribution in [0.25, 0.3) is 11.0 Å². The van der Waals surface area contributed by atoms with Crippen LogP contribution >= 0.6 is 27.7 Å². The third-order valence-electron chi connectivity index (χ3n) is 3.09. The lowest BCUT2D eigenvalue weighted by atomic mass is 10.3. The average Bonchev–Trinajstić information content (AvgIpc) is 2.90. The lowest BCUT2D eigenvalue weighted by Gasteiger charge is -2.09.